The van der Waals surface area contributed by atoms with Crippen LogP contribution in [0.25, 0.3) is 0 Å². The molecule has 1 aliphatic rings. The summed E-state index contributed by atoms with van der Waals surface area (Å²) in [7, 11) is 0. The van der Waals surface area contributed by atoms with Crippen LogP contribution in [0, 0.1) is 16.7 Å². The van der Waals surface area contributed by atoms with E-state index in [1.807, 2.05) is 0 Å². The minimum Gasteiger partial charge on any atom is -0.299 e. The van der Waals surface area contributed by atoms with Gasteiger partial charge in [-0.25, -0.2) is 0 Å². The molecule has 0 radical (unpaired) electrons. The van der Waals surface area contributed by atoms with Crippen LogP contribution in [-0.2, 0) is 4.79 Å². The largest absolute Gasteiger partial charge is 0.299 e. The number of carbonyl (C=O) groups is 1. The predicted octanol–water partition coefficient (Wildman–Crippen LogP) is 5.79. The van der Waals surface area contributed by atoms with E-state index in [0.29, 0.717) is 14.6 Å². The molecule has 0 aliphatic heterocycles. The van der Waals surface area contributed by atoms with Crippen molar-refractivity contribution in [3.05, 3.63) is 0 Å². The number of rotatable bonds is 1. The Balaban J connectivity index is 2.80. The summed E-state index contributed by atoms with van der Waals surface area (Å²) in [5, 5.41) is 0. The van der Waals surface area contributed by atoms with Gasteiger partial charge in [-0.3, -0.25) is 4.79 Å². The van der Waals surface area contributed by atoms with Crippen molar-refractivity contribution < 1.29 is 4.79 Å². The van der Waals surface area contributed by atoms with Crippen LogP contribution in [0.15, 0.2) is 0 Å². The molecule has 19 heavy (non-hydrogen) atoms. The van der Waals surface area contributed by atoms with Gasteiger partial charge in [0.25, 0.3) is 0 Å². The number of halogens is 1. The Morgan fingerprint density at radius 2 is 1.58 bits per heavy atom. The first-order valence-electron chi connectivity index (χ1n) is 7.71. The number of Topliss-reactive ketones (excluding diaryl/α,β-unsaturated/α-hetero) is 1. The number of hydrogen-bond donors (Lipinski definition) is 0. The van der Waals surface area contributed by atoms with Gasteiger partial charge in [0, 0.05) is 14.8 Å². The maximum absolute atomic E-state index is 12.5. The Bertz CT molecular complexity index is 321. The number of carbonyl (C=O) groups excluding carboxylic acids is 1. The lowest BCUT2D eigenvalue weighted by Crippen LogP contribution is -2.39. The number of alkyl halides is 1. The van der Waals surface area contributed by atoms with E-state index in [0.717, 1.165) is 12.8 Å². The molecule has 0 bridgehead atoms. The summed E-state index contributed by atoms with van der Waals surface area (Å²) in [6, 6.07) is 0. The molecule has 0 saturated heterocycles. The Labute approximate surface area is 133 Å². The molecule has 1 fully saturated rings. The van der Waals surface area contributed by atoms with Crippen LogP contribution in [0.2, 0.25) is 0 Å². The van der Waals surface area contributed by atoms with Crippen LogP contribution in [0.3, 0.4) is 0 Å². The van der Waals surface area contributed by atoms with E-state index < -0.39 is 0 Å². The highest BCUT2D eigenvalue weighted by Gasteiger charge is 2.41. The van der Waals surface area contributed by atoms with E-state index in [9.17, 15) is 4.79 Å². The van der Waals surface area contributed by atoms with E-state index in [4.69, 9.17) is 0 Å². The van der Waals surface area contributed by atoms with Gasteiger partial charge in [0.1, 0.15) is 5.78 Å². The normalized spacial score (nSPS) is 30.6. The highest BCUT2D eigenvalue weighted by molar-refractivity contribution is 14.1. The molecule has 112 valence electrons. The lowest BCUT2D eigenvalue weighted by Gasteiger charge is -2.43. The third-order valence-corrected chi connectivity index (χ3v) is 7.42. The van der Waals surface area contributed by atoms with Gasteiger partial charge in [0.2, 0.25) is 0 Å². The summed E-state index contributed by atoms with van der Waals surface area (Å²) in [5.74, 6) is 0.763. The van der Waals surface area contributed by atoms with Crippen LogP contribution in [0.4, 0.5) is 0 Å². The molecule has 0 aromatic heterocycles. The first kappa shape index (κ1) is 17.5. The highest BCUT2D eigenvalue weighted by atomic mass is 127. The zero-order valence-electron chi connectivity index (χ0n) is 13.6. The summed E-state index contributed by atoms with van der Waals surface area (Å²) in [5.41, 5.74) is 0.139. The van der Waals surface area contributed by atoms with Crippen molar-refractivity contribution in [3.63, 3.8) is 0 Å². The molecular weight excluding hydrogens is 347 g/mol. The number of hydrogen-bond acceptors (Lipinski definition) is 1. The fourth-order valence-corrected chi connectivity index (χ4v) is 3.79. The summed E-state index contributed by atoms with van der Waals surface area (Å²) in [6.45, 7) is 13.2. The number of ketones is 1. The lowest BCUT2D eigenvalue weighted by molar-refractivity contribution is -0.131. The molecule has 0 spiro atoms. The van der Waals surface area contributed by atoms with E-state index in [1.165, 1.54) is 25.7 Å². The Morgan fingerprint density at radius 3 is 2.05 bits per heavy atom. The van der Waals surface area contributed by atoms with Crippen LogP contribution in [-0.4, -0.2) is 9.20 Å². The van der Waals surface area contributed by atoms with E-state index >= 15 is 0 Å². The molecule has 0 aromatic carbocycles. The topological polar surface area (TPSA) is 17.1 Å². The van der Waals surface area contributed by atoms with Gasteiger partial charge >= 0.3 is 0 Å². The molecule has 2 atom stereocenters. The van der Waals surface area contributed by atoms with Crippen LogP contribution in [0.1, 0.15) is 80.1 Å². The second kappa shape index (κ2) is 6.03. The van der Waals surface area contributed by atoms with Crippen molar-refractivity contribution in [2.24, 2.45) is 16.7 Å². The molecule has 1 aliphatic carbocycles. The lowest BCUT2D eigenvalue weighted by atomic mass is 9.70. The second-order valence-electron chi connectivity index (χ2n) is 8.31. The summed E-state index contributed by atoms with van der Waals surface area (Å²) in [6.07, 6.45) is 7.15. The maximum atomic E-state index is 12.5. The van der Waals surface area contributed by atoms with Crippen molar-refractivity contribution >= 4 is 28.4 Å². The predicted molar refractivity (Wildman–Crippen MR) is 91.9 cm³/mol. The van der Waals surface area contributed by atoms with Crippen LogP contribution < -0.4 is 0 Å². The van der Waals surface area contributed by atoms with Gasteiger partial charge in [-0.05, 0) is 31.1 Å². The van der Waals surface area contributed by atoms with Crippen LogP contribution in [0.5, 0.6) is 0 Å². The average Bonchev–Trinajstić information content (AvgIpc) is 2.20. The molecule has 0 amide bonds. The fraction of sp³-hybridized carbons (Fsp3) is 0.941. The van der Waals surface area contributed by atoms with E-state index in [1.54, 1.807) is 0 Å². The zero-order valence-corrected chi connectivity index (χ0v) is 15.8. The maximum Gasteiger partial charge on any atom is 0.141 e. The highest BCUT2D eigenvalue weighted by Crippen LogP contribution is 2.48. The Morgan fingerprint density at radius 1 is 1.00 bits per heavy atom. The van der Waals surface area contributed by atoms with Gasteiger partial charge in [-0.15, -0.1) is 0 Å². The fourth-order valence-electron chi connectivity index (χ4n) is 3.09. The van der Waals surface area contributed by atoms with Crippen molar-refractivity contribution in [1.29, 1.82) is 0 Å². The van der Waals surface area contributed by atoms with Crippen LogP contribution >= 0.6 is 22.6 Å². The first-order valence-corrected chi connectivity index (χ1v) is 8.78. The minimum absolute atomic E-state index is 0.181. The third-order valence-electron chi connectivity index (χ3n) is 4.72. The molecule has 0 N–H and O–H groups in total. The van der Waals surface area contributed by atoms with Gasteiger partial charge in [-0.1, -0.05) is 77.0 Å². The summed E-state index contributed by atoms with van der Waals surface area (Å²) in [4.78, 5) is 12.5. The molecule has 0 heterocycles. The Kier molecular flexibility index (Phi) is 5.54. The first-order chi connectivity index (χ1) is 8.47. The second-order valence-corrected chi connectivity index (χ2v) is 10.4. The zero-order chi connectivity index (χ0) is 14.9. The molecule has 1 saturated carbocycles. The molecule has 1 rings (SSSR count). The van der Waals surface area contributed by atoms with Crippen molar-refractivity contribution in [1.82, 2.24) is 0 Å². The van der Waals surface area contributed by atoms with E-state index in [-0.39, 0.29) is 11.3 Å². The molecule has 2 unspecified atom stereocenters. The molecule has 1 nitrogen and oxygen atoms in total. The van der Waals surface area contributed by atoms with Crippen molar-refractivity contribution in [2.75, 3.05) is 0 Å². The smallest absolute Gasteiger partial charge is 0.141 e. The van der Waals surface area contributed by atoms with Gasteiger partial charge in [-0.2, -0.15) is 0 Å². The Hall–Kier alpha value is 0.400. The van der Waals surface area contributed by atoms with Crippen molar-refractivity contribution in [2.45, 2.75) is 83.5 Å². The van der Waals surface area contributed by atoms with E-state index in [2.05, 4.69) is 64.1 Å². The quantitative estimate of drug-likeness (QED) is 0.417. The molecule has 0 aromatic rings. The SMILES string of the molecule is CC(C)(C)C(=O)C1CCCCC(I)(C(C)(C)C)CC1. The van der Waals surface area contributed by atoms with Gasteiger partial charge < -0.3 is 0 Å². The summed E-state index contributed by atoms with van der Waals surface area (Å²) < 4.78 is 0.349. The molecule has 2 heteroatoms. The van der Waals surface area contributed by atoms with Crippen molar-refractivity contribution in [3.8, 4) is 0 Å². The minimum atomic E-state index is -0.181. The average molecular weight is 378 g/mol. The van der Waals surface area contributed by atoms with Gasteiger partial charge in [0.05, 0.1) is 0 Å². The monoisotopic (exact) mass is 378 g/mol. The van der Waals surface area contributed by atoms with Gasteiger partial charge in [0.15, 0.2) is 0 Å². The third kappa shape index (κ3) is 4.44. The standard InChI is InChI=1S/C17H31IO/c1-15(2,3)14(19)13-9-7-8-11-17(18,12-10-13)16(4,5)6/h13H,7-12H2,1-6H3. The summed E-state index contributed by atoms with van der Waals surface area (Å²) >= 11 is 2.68. The molecular formula is C17H31IO.